The van der Waals surface area contributed by atoms with E-state index in [0.29, 0.717) is 30.4 Å². The van der Waals surface area contributed by atoms with E-state index in [1.807, 2.05) is 19.1 Å². The van der Waals surface area contributed by atoms with Crippen molar-refractivity contribution in [2.75, 3.05) is 28.6 Å². The lowest BCUT2D eigenvalue weighted by Crippen LogP contribution is -2.22. The molecule has 1 amide bonds. The number of amides is 1. The van der Waals surface area contributed by atoms with Gasteiger partial charge in [-0.1, -0.05) is 6.07 Å². The Morgan fingerprint density at radius 1 is 1.00 bits per heavy atom. The van der Waals surface area contributed by atoms with Gasteiger partial charge in [0.1, 0.15) is 0 Å². The minimum absolute atomic E-state index is 0.0767. The zero-order valence-corrected chi connectivity index (χ0v) is 20.6. The lowest BCUT2D eigenvalue weighted by atomic mass is 10.1. The number of rotatable bonds is 6. The average molecular weight is 519 g/mol. The van der Waals surface area contributed by atoms with Gasteiger partial charge in [0.05, 0.1) is 11.3 Å². The van der Waals surface area contributed by atoms with Gasteiger partial charge in [0, 0.05) is 59.9 Å². The van der Waals surface area contributed by atoms with Crippen molar-refractivity contribution >= 4 is 28.9 Å². The van der Waals surface area contributed by atoms with Gasteiger partial charge >= 0.3 is 6.18 Å². The predicted octanol–water partition coefficient (Wildman–Crippen LogP) is 6.46. The van der Waals surface area contributed by atoms with Crippen LogP contribution in [0.2, 0.25) is 0 Å². The van der Waals surface area contributed by atoms with Crippen LogP contribution in [0.15, 0.2) is 73.2 Å². The highest BCUT2D eigenvalue weighted by Crippen LogP contribution is 2.39. The van der Waals surface area contributed by atoms with E-state index in [0.717, 1.165) is 30.0 Å². The molecule has 2 N–H and O–H groups in total. The first-order valence-corrected chi connectivity index (χ1v) is 12.2. The molecule has 4 aromatic rings. The summed E-state index contributed by atoms with van der Waals surface area (Å²) in [4.78, 5) is 27.6. The summed E-state index contributed by atoms with van der Waals surface area (Å²) in [5.74, 6) is -0.195. The van der Waals surface area contributed by atoms with Crippen molar-refractivity contribution in [3.63, 3.8) is 0 Å². The van der Waals surface area contributed by atoms with Crippen LogP contribution in [0.4, 0.5) is 36.2 Å². The maximum absolute atomic E-state index is 13.8. The Bertz CT molecular complexity index is 1450. The van der Waals surface area contributed by atoms with Crippen LogP contribution < -0.4 is 15.5 Å². The number of pyridine rings is 1. The standard InChI is InChI=1S/C28H25F3N6O/c1-18-6-7-19(15-24(18)36-27-33-12-10-23(35-27)20-5-4-11-32-17-20)26(38)34-21-8-9-25(37-13-2-3-14-37)22(16-21)28(29,30)31/h4-12,15-17H,2-3,13-14H2,1H3,(H,34,38)(H,33,35,36). The molecular weight excluding hydrogens is 493 g/mol. The molecule has 0 radical (unpaired) electrons. The summed E-state index contributed by atoms with van der Waals surface area (Å²) >= 11 is 0. The fourth-order valence-corrected chi connectivity index (χ4v) is 4.39. The zero-order chi connectivity index (χ0) is 26.7. The summed E-state index contributed by atoms with van der Waals surface area (Å²) in [5, 5.41) is 5.74. The Labute approximate surface area is 217 Å². The fraction of sp³-hybridized carbons (Fsp3) is 0.214. The number of hydrogen-bond acceptors (Lipinski definition) is 6. The molecule has 0 bridgehead atoms. The van der Waals surface area contributed by atoms with Crippen LogP contribution in [0.25, 0.3) is 11.3 Å². The van der Waals surface area contributed by atoms with E-state index < -0.39 is 17.6 Å². The van der Waals surface area contributed by atoms with Crippen molar-refractivity contribution in [3.8, 4) is 11.3 Å². The number of anilines is 4. The van der Waals surface area contributed by atoms with Crippen molar-refractivity contribution in [2.45, 2.75) is 25.9 Å². The Morgan fingerprint density at radius 2 is 1.82 bits per heavy atom. The number of halogens is 3. The molecule has 1 aliphatic heterocycles. The quantitative estimate of drug-likeness (QED) is 0.305. The van der Waals surface area contributed by atoms with Crippen molar-refractivity contribution in [3.05, 3.63) is 89.9 Å². The number of nitrogens with zero attached hydrogens (tertiary/aromatic N) is 4. The molecule has 10 heteroatoms. The van der Waals surface area contributed by atoms with Crippen LogP contribution in [-0.4, -0.2) is 33.9 Å². The molecular formula is C28H25F3N6O. The van der Waals surface area contributed by atoms with Crippen LogP contribution in [0.3, 0.4) is 0 Å². The molecule has 0 aliphatic carbocycles. The lowest BCUT2D eigenvalue weighted by molar-refractivity contribution is -0.137. The molecule has 0 atom stereocenters. The van der Waals surface area contributed by atoms with Gasteiger partial charge in [-0.3, -0.25) is 9.78 Å². The van der Waals surface area contributed by atoms with E-state index in [1.54, 1.807) is 47.8 Å². The normalized spacial score (nSPS) is 13.4. The maximum atomic E-state index is 13.8. The van der Waals surface area contributed by atoms with E-state index in [2.05, 4.69) is 25.6 Å². The number of carbonyl (C=O) groups is 1. The van der Waals surface area contributed by atoms with Crippen LogP contribution in [0.5, 0.6) is 0 Å². The van der Waals surface area contributed by atoms with E-state index in [1.165, 1.54) is 12.1 Å². The number of alkyl halides is 3. The summed E-state index contributed by atoms with van der Waals surface area (Å²) in [6.45, 7) is 3.03. The smallest absolute Gasteiger partial charge is 0.371 e. The lowest BCUT2D eigenvalue weighted by Gasteiger charge is -2.23. The SMILES string of the molecule is Cc1ccc(C(=O)Nc2ccc(N3CCCC3)c(C(F)(F)F)c2)cc1Nc1nccc(-c2cccnc2)n1. The maximum Gasteiger partial charge on any atom is 0.418 e. The summed E-state index contributed by atoms with van der Waals surface area (Å²) in [6.07, 6.45) is 2.17. The molecule has 0 unspecified atom stereocenters. The van der Waals surface area contributed by atoms with Gasteiger partial charge < -0.3 is 15.5 Å². The van der Waals surface area contributed by atoms with Crippen molar-refractivity contribution in [1.82, 2.24) is 15.0 Å². The Kier molecular flexibility index (Phi) is 6.95. The molecule has 0 saturated carbocycles. The largest absolute Gasteiger partial charge is 0.418 e. The Hall–Kier alpha value is -4.47. The van der Waals surface area contributed by atoms with Gasteiger partial charge in [-0.25, -0.2) is 9.97 Å². The fourth-order valence-electron chi connectivity index (χ4n) is 4.39. The molecule has 1 aliphatic rings. The molecule has 5 rings (SSSR count). The molecule has 1 saturated heterocycles. The van der Waals surface area contributed by atoms with Crippen LogP contribution in [0.1, 0.15) is 34.3 Å². The number of carbonyl (C=O) groups excluding carboxylic acids is 1. The monoisotopic (exact) mass is 518 g/mol. The first-order valence-electron chi connectivity index (χ1n) is 12.2. The number of nitrogens with one attached hydrogen (secondary N) is 2. The Balaban J connectivity index is 1.36. The van der Waals surface area contributed by atoms with Gasteiger partial charge in [-0.15, -0.1) is 0 Å². The summed E-state index contributed by atoms with van der Waals surface area (Å²) in [6, 6.07) is 14.4. The summed E-state index contributed by atoms with van der Waals surface area (Å²) in [5.41, 5.74) is 2.69. The second-order valence-electron chi connectivity index (χ2n) is 9.04. The van der Waals surface area contributed by atoms with Gasteiger partial charge in [0.25, 0.3) is 5.91 Å². The highest BCUT2D eigenvalue weighted by atomic mass is 19.4. The highest BCUT2D eigenvalue weighted by Gasteiger charge is 2.36. The van der Waals surface area contributed by atoms with E-state index in [9.17, 15) is 18.0 Å². The van der Waals surface area contributed by atoms with E-state index in [4.69, 9.17) is 0 Å². The van der Waals surface area contributed by atoms with E-state index in [-0.39, 0.29) is 16.9 Å². The average Bonchev–Trinajstić information content (AvgIpc) is 3.45. The van der Waals surface area contributed by atoms with Gasteiger partial charge in [-0.05, 0) is 73.9 Å². The molecule has 0 spiro atoms. The number of aryl methyl sites for hydroxylation is 1. The number of hydrogen-bond donors (Lipinski definition) is 2. The molecule has 1 fully saturated rings. The van der Waals surface area contributed by atoms with Gasteiger partial charge in [-0.2, -0.15) is 13.2 Å². The number of benzene rings is 2. The Morgan fingerprint density at radius 3 is 2.55 bits per heavy atom. The molecule has 2 aromatic heterocycles. The van der Waals surface area contributed by atoms with Crippen LogP contribution in [0, 0.1) is 6.92 Å². The third kappa shape index (κ3) is 5.59. The van der Waals surface area contributed by atoms with E-state index >= 15 is 0 Å². The van der Waals surface area contributed by atoms with Crippen LogP contribution in [-0.2, 0) is 6.18 Å². The van der Waals surface area contributed by atoms with Crippen molar-refractivity contribution in [1.29, 1.82) is 0 Å². The zero-order valence-electron chi connectivity index (χ0n) is 20.6. The highest BCUT2D eigenvalue weighted by molar-refractivity contribution is 6.05. The molecule has 7 nitrogen and oxygen atoms in total. The minimum atomic E-state index is -4.54. The first-order chi connectivity index (χ1) is 18.3. The second kappa shape index (κ2) is 10.5. The topological polar surface area (TPSA) is 83.0 Å². The molecule has 194 valence electrons. The molecule has 38 heavy (non-hydrogen) atoms. The van der Waals surface area contributed by atoms with Gasteiger partial charge in [0.15, 0.2) is 0 Å². The predicted molar refractivity (Wildman–Crippen MR) is 141 cm³/mol. The first kappa shape index (κ1) is 25.2. The van der Waals surface area contributed by atoms with Crippen LogP contribution >= 0.6 is 0 Å². The summed E-state index contributed by atoms with van der Waals surface area (Å²) in [7, 11) is 0. The molecule has 2 aromatic carbocycles. The summed E-state index contributed by atoms with van der Waals surface area (Å²) < 4.78 is 41.5. The van der Waals surface area contributed by atoms with Crippen molar-refractivity contribution in [2.24, 2.45) is 0 Å². The second-order valence-corrected chi connectivity index (χ2v) is 9.04. The molecule has 3 heterocycles. The van der Waals surface area contributed by atoms with Crippen molar-refractivity contribution < 1.29 is 18.0 Å². The third-order valence-corrected chi connectivity index (χ3v) is 6.37. The number of aromatic nitrogens is 3. The third-order valence-electron chi connectivity index (χ3n) is 6.37. The minimum Gasteiger partial charge on any atom is -0.371 e. The van der Waals surface area contributed by atoms with Gasteiger partial charge in [0.2, 0.25) is 5.95 Å².